The predicted molar refractivity (Wildman–Crippen MR) is 95.7 cm³/mol. The quantitative estimate of drug-likeness (QED) is 0.783. The maximum Gasteiger partial charge on any atom is 0.406 e. The lowest BCUT2D eigenvalue weighted by Gasteiger charge is -2.36. The molecule has 2 aliphatic rings. The highest BCUT2D eigenvalue weighted by molar-refractivity contribution is 5.96. The molecule has 3 rings (SSSR count). The van der Waals surface area contributed by atoms with Crippen LogP contribution in [-0.4, -0.2) is 38.0 Å². The number of guanidine groups is 1. The first-order chi connectivity index (χ1) is 12.5. The van der Waals surface area contributed by atoms with Gasteiger partial charge in [-0.15, -0.1) is 9.86 Å². The van der Waals surface area contributed by atoms with Crippen molar-refractivity contribution in [2.75, 3.05) is 31.5 Å². The highest BCUT2D eigenvalue weighted by atomic mass is 19.1. The first kappa shape index (κ1) is 18.6. The molecule has 142 valence electrons. The Bertz CT molecular complexity index is 721. The topological polar surface area (TPSA) is 40.0 Å². The SMILES string of the molecule is C=C(F)CC(NC1=[N+](C)N(OC)c2cc(F)ccc2N1OC)C1CCC1. The lowest BCUT2D eigenvalue weighted by molar-refractivity contribution is -0.564. The zero-order valence-corrected chi connectivity index (χ0v) is 15.3. The van der Waals surface area contributed by atoms with E-state index >= 15 is 0 Å². The lowest BCUT2D eigenvalue weighted by Crippen LogP contribution is -2.58. The van der Waals surface area contributed by atoms with E-state index in [1.54, 1.807) is 22.9 Å². The van der Waals surface area contributed by atoms with Crippen LogP contribution in [0.5, 0.6) is 0 Å². The summed E-state index contributed by atoms with van der Waals surface area (Å²) >= 11 is 0. The van der Waals surface area contributed by atoms with Crippen molar-refractivity contribution in [1.29, 1.82) is 0 Å². The van der Waals surface area contributed by atoms with Crippen molar-refractivity contribution in [1.82, 2.24) is 5.32 Å². The van der Waals surface area contributed by atoms with E-state index in [0.29, 0.717) is 23.3 Å². The molecule has 8 heteroatoms. The number of benzene rings is 1. The average molecular weight is 367 g/mol. The number of rotatable bonds is 6. The van der Waals surface area contributed by atoms with Crippen LogP contribution in [-0.2, 0) is 9.68 Å². The summed E-state index contributed by atoms with van der Waals surface area (Å²) < 4.78 is 29.0. The van der Waals surface area contributed by atoms with Crippen molar-refractivity contribution in [2.45, 2.75) is 31.7 Å². The molecule has 0 radical (unpaired) electrons. The number of hydroxylamine groups is 1. The molecule has 6 nitrogen and oxygen atoms in total. The zero-order chi connectivity index (χ0) is 18.8. The smallest absolute Gasteiger partial charge is 0.270 e. The summed E-state index contributed by atoms with van der Waals surface area (Å²) in [5.41, 5.74) is 1.11. The van der Waals surface area contributed by atoms with Crippen LogP contribution in [0.25, 0.3) is 0 Å². The van der Waals surface area contributed by atoms with Crippen LogP contribution in [0.3, 0.4) is 0 Å². The number of nitrogens with one attached hydrogen (secondary N) is 1. The summed E-state index contributed by atoms with van der Waals surface area (Å²) in [6, 6.07) is 4.22. The van der Waals surface area contributed by atoms with Gasteiger partial charge in [0.25, 0.3) is 0 Å². The van der Waals surface area contributed by atoms with Crippen molar-refractivity contribution in [3.8, 4) is 0 Å². The van der Waals surface area contributed by atoms with Crippen molar-refractivity contribution >= 4 is 17.3 Å². The molecule has 1 fully saturated rings. The lowest BCUT2D eigenvalue weighted by atomic mass is 9.78. The molecule has 0 amide bonds. The van der Waals surface area contributed by atoms with Gasteiger partial charge in [-0.3, -0.25) is 5.32 Å². The van der Waals surface area contributed by atoms with Gasteiger partial charge in [0.1, 0.15) is 11.5 Å². The third-order valence-electron chi connectivity index (χ3n) is 4.96. The van der Waals surface area contributed by atoms with Crippen molar-refractivity contribution in [2.24, 2.45) is 5.92 Å². The Hall–Kier alpha value is -2.19. The Morgan fingerprint density at radius 3 is 2.62 bits per heavy atom. The van der Waals surface area contributed by atoms with Crippen LogP contribution < -0.4 is 15.6 Å². The zero-order valence-electron chi connectivity index (χ0n) is 15.3. The third kappa shape index (κ3) is 3.39. The molecule has 1 aromatic carbocycles. The van der Waals surface area contributed by atoms with Gasteiger partial charge in [-0.25, -0.2) is 18.5 Å². The molecule has 1 atom stereocenters. The van der Waals surface area contributed by atoms with Gasteiger partial charge in [0.2, 0.25) is 0 Å². The van der Waals surface area contributed by atoms with Crippen LogP contribution in [0.4, 0.5) is 20.2 Å². The van der Waals surface area contributed by atoms with Crippen LogP contribution in [0, 0.1) is 11.7 Å². The van der Waals surface area contributed by atoms with E-state index in [0.717, 1.165) is 19.3 Å². The molecule has 1 aromatic rings. The van der Waals surface area contributed by atoms with Gasteiger partial charge in [0, 0.05) is 12.5 Å². The van der Waals surface area contributed by atoms with Crippen LogP contribution >= 0.6 is 0 Å². The fourth-order valence-electron chi connectivity index (χ4n) is 3.45. The summed E-state index contributed by atoms with van der Waals surface area (Å²) in [5.74, 6) is 0.190. The first-order valence-electron chi connectivity index (χ1n) is 8.64. The van der Waals surface area contributed by atoms with Gasteiger partial charge < -0.3 is 0 Å². The minimum absolute atomic E-state index is 0.114. The van der Waals surface area contributed by atoms with Gasteiger partial charge in [0.05, 0.1) is 33.1 Å². The summed E-state index contributed by atoms with van der Waals surface area (Å²) in [7, 11) is 4.78. The Labute approximate surface area is 152 Å². The molecule has 0 bridgehead atoms. The molecular formula is C18H25F2N4O2+. The van der Waals surface area contributed by atoms with Gasteiger partial charge in [0.15, 0.2) is 5.69 Å². The fourth-order valence-corrected chi connectivity index (χ4v) is 3.45. The van der Waals surface area contributed by atoms with Crippen LogP contribution in [0.15, 0.2) is 30.6 Å². The average Bonchev–Trinajstić information content (AvgIpc) is 2.53. The third-order valence-corrected chi connectivity index (χ3v) is 4.96. The van der Waals surface area contributed by atoms with E-state index in [4.69, 9.17) is 9.68 Å². The van der Waals surface area contributed by atoms with E-state index < -0.39 is 0 Å². The van der Waals surface area contributed by atoms with Gasteiger partial charge in [-0.1, -0.05) is 18.1 Å². The summed E-state index contributed by atoms with van der Waals surface area (Å²) in [4.78, 5) is 11.0. The second-order valence-electron chi connectivity index (χ2n) is 6.58. The van der Waals surface area contributed by atoms with Crippen molar-refractivity contribution in [3.05, 3.63) is 36.4 Å². The molecular weight excluding hydrogens is 342 g/mol. The molecule has 1 unspecified atom stereocenters. The van der Waals surface area contributed by atoms with E-state index in [-0.39, 0.29) is 24.1 Å². The Kier molecular flexibility index (Phi) is 5.43. The minimum Gasteiger partial charge on any atom is -0.270 e. The Morgan fingerprint density at radius 2 is 2.08 bits per heavy atom. The monoisotopic (exact) mass is 367 g/mol. The predicted octanol–water partition coefficient (Wildman–Crippen LogP) is 3.12. The molecule has 1 aliphatic heterocycles. The second-order valence-corrected chi connectivity index (χ2v) is 6.58. The van der Waals surface area contributed by atoms with Crippen LogP contribution in [0.2, 0.25) is 0 Å². The van der Waals surface area contributed by atoms with Crippen molar-refractivity contribution < 1.29 is 23.1 Å². The maximum atomic E-state index is 13.7. The second kappa shape index (κ2) is 7.59. The number of hydrazone groups is 1. The highest BCUT2D eigenvalue weighted by Crippen LogP contribution is 2.35. The molecule has 1 N–H and O–H groups in total. The van der Waals surface area contributed by atoms with E-state index in [2.05, 4.69) is 11.9 Å². The number of fused-ring (bicyclic) bond motifs is 1. The van der Waals surface area contributed by atoms with E-state index in [1.165, 1.54) is 31.5 Å². The molecule has 0 spiro atoms. The molecule has 1 heterocycles. The molecule has 1 aliphatic carbocycles. The number of hydrazine groups is 1. The van der Waals surface area contributed by atoms with Crippen molar-refractivity contribution in [3.63, 3.8) is 0 Å². The molecule has 0 saturated heterocycles. The first-order valence-corrected chi connectivity index (χ1v) is 8.64. The van der Waals surface area contributed by atoms with Gasteiger partial charge in [-0.2, -0.15) is 0 Å². The number of nitrogens with zero attached hydrogens (tertiary/aromatic N) is 3. The highest BCUT2D eigenvalue weighted by Gasteiger charge is 2.40. The summed E-state index contributed by atoms with van der Waals surface area (Å²) in [5, 5.41) is 6.40. The standard InChI is InChI=1S/C18H24F2N4O2/c1-12(19)10-15(13-6-5-7-13)21-18-22(2)24(26-4)17-11-14(20)8-9-16(17)23(18)25-3/h8-9,11,13,15H,1,5-7,10H2,2-4H3/p+1. The Balaban J connectivity index is 1.98. The number of hydrogen-bond donors (Lipinski definition) is 1. The van der Waals surface area contributed by atoms with Gasteiger partial charge >= 0.3 is 5.96 Å². The molecule has 0 aromatic heterocycles. The maximum absolute atomic E-state index is 13.7. The summed E-state index contributed by atoms with van der Waals surface area (Å²) in [6.45, 7) is 3.41. The van der Waals surface area contributed by atoms with E-state index in [1.807, 2.05) is 0 Å². The normalized spacial score (nSPS) is 18.5. The Morgan fingerprint density at radius 1 is 1.35 bits per heavy atom. The van der Waals surface area contributed by atoms with Gasteiger partial charge in [-0.05, 0) is 30.9 Å². The minimum atomic E-state index is -0.382. The van der Waals surface area contributed by atoms with Crippen LogP contribution in [0.1, 0.15) is 25.7 Å². The number of halogens is 2. The van der Waals surface area contributed by atoms with E-state index in [9.17, 15) is 8.78 Å². The summed E-state index contributed by atoms with van der Waals surface area (Å²) in [6.07, 6.45) is 3.46. The number of anilines is 2. The largest absolute Gasteiger partial charge is 0.406 e. The molecule has 1 saturated carbocycles. The molecule has 26 heavy (non-hydrogen) atoms. The number of hydrogen-bond acceptors (Lipinski definition) is 5. The fraction of sp³-hybridized carbons (Fsp3) is 0.500.